The third-order valence-electron chi connectivity index (χ3n) is 2.54. The second-order valence-electron chi connectivity index (χ2n) is 4.04. The van der Waals surface area contributed by atoms with Gasteiger partial charge >= 0.3 is 0 Å². The Morgan fingerprint density at radius 2 is 2.26 bits per heavy atom. The molecule has 0 saturated heterocycles. The largest absolute Gasteiger partial charge is 0.361 e. The van der Waals surface area contributed by atoms with E-state index in [9.17, 15) is 4.39 Å². The summed E-state index contributed by atoms with van der Waals surface area (Å²) >= 11 is 1.49. The lowest BCUT2D eigenvalue weighted by molar-refractivity contribution is 0.387. The molecule has 5 nitrogen and oxygen atoms in total. The Balaban J connectivity index is 1.65. The molecule has 7 heteroatoms. The molecule has 0 bridgehead atoms. The molecule has 0 atom stereocenters. The number of fused-ring (bicyclic) bond motifs is 1. The fourth-order valence-electron chi connectivity index (χ4n) is 1.70. The van der Waals surface area contributed by atoms with Gasteiger partial charge in [0.05, 0.1) is 10.2 Å². The first-order valence-electron chi connectivity index (χ1n) is 5.80. The van der Waals surface area contributed by atoms with E-state index in [4.69, 9.17) is 4.52 Å². The van der Waals surface area contributed by atoms with Crippen molar-refractivity contribution in [2.45, 2.75) is 13.3 Å². The first kappa shape index (κ1) is 12.0. The van der Waals surface area contributed by atoms with Crippen molar-refractivity contribution in [2.75, 3.05) is 11.9 Å². The van der Waals surface area contributed by atoms with Crippen molar-refractivity contribution in [1.29, 1.82) is 0 Å². The van der Waals surface area contributed by atoms with Crippen LogP contribution in [0.1, 0.15) is 11.7 Å². The van der Waals surface area contributed by atoms with Crippen molar-refractivity contribution in [1.82, 2.24) is 15.1 Å². The van der Waals surface area contributed by atoms with Gasteiger partial charge < -0.3 is 9.84 Å². The number of rotatable bonds is 4. The van der Waals surface area contributed by atoms with Gasteiger partial charge in [0.2, 0.25) is 5.89 Å². The Labute approximate surface area is 112 Å². The summed E-state index contributed by atoms with van der Waals surface area (Å²) in [6, 6.07) is 4.60. The highest BCUT2D eigenvalue weighted by Gasteiger charge is 2.06. The van der Waals surface area contributed by atoms with Crippen LogP contribution in [0.15, 0.2) is 22.7 Å². The van der Waals surface area contributed by atoms with Crippen LogP contribution in [0.2, 0.25) is 0 Å². The van der Waals surface area contributed by atoms with Crippen molar-refractivity contribution in [3.05, 3.63) is 35.7 Å². The standard InChI is InChI=1S/C12H11FN4OS/c1-7-15-11(17-18-7)4-5-14-12-16-9-6-8(13)2-3-10(9)19-12/h2-3,6H,4-5H2,1H3,(H,14,16). The van der Waals surface area contributed by atoms with Crippen LogP contribution < -0.4 is 5.32 Å². The lowest BCUT2D eigenvalue weighted by Gasteiger charge is -1.97. The topological polar surface area (TPSA) is 63.8 Å². The van der Waals surface area contributed by atoms with Gasteiger partial charge in [-0.1, -0.05) is 16.5 Å². The van der Waals surface area contributed by atoms with Gasteiger partial charge in [0.15, 0.2) is 11.0 Å². The van der Waals surface area contributed by atoms with Gasteiger partial charge in [0.1, 0.15) is 5.82 Å². The van der Waals surface area contributed by atoms with Gasteiger partial charge in [-0.15, -0.1) is 0 Å². The van der Waals surface area contributed by atoms with Gasteiger partial charge in [0, 0.05) is 26.0 Å². The Kier molecular flexibility index (Phi) is 3.12. The number of thiazole rings is 1. The molecular weight excluding hydrogens is 267 g/mol. The van der Waals surface area contributed by atoms with Gasteiger partial charge in [-0.3, -0.25) is 0 Å². The first-order valence-corrected chi connectivity index (χ1v) is 6.61. The van der Waals surface area contributed by atoms with E-state index in [-0.39, 0.29) is 5.82 Å². The molecule has 0 amide bonds. The van der Waals surface area contributed by atoms with Crippen LogP contribution in [0.5, 0.6) is 0 Å². The molecule has 0 aliphatic carbocycles. The maximum absolute atomic E-state index is 13.0. The van der Waals surface area contributed by atoms with Crippen LogP contribution in [0.25, 0.3) is 10.2 Å². The van der Waals surface area contributed by atoms with Crippen LogP contribution in [-0.2, 0) is 6.42 Å². The predicted molar refractivity (Wildman–Crippen MR) is 70.8 cm³/mol. The number of hydrogen-bond acceptors (Lipinski definition) is 6. The molecule has 2 aromatic heterocycles. The van der Waals surface area contributed by atoms with Crippen molar-refractivity contribution >= 4 is 26.7 Å². The predicted octanol–water partition coefficient (Wildman–Crippen LogP) is 2.78. The van der Waals surface area contributed by atoms with Crippen molar-refractivity contribution in [3.63, 3.8) is 0 Å². The van der Waals surface area contributed by atoms with Gasteiger partial charge in [-0.05, 0) is 12.1 Å². The second kappa shape index (κ2) is 4.93. The quantitative estimate of drug-likeness (QED) is 0.795. The SMILES string of the molecule is Cc1nc(CCNc2nc3cc(F)ccc3s2)no1. The zero-order chi connectivity index (χ0) is 13.2. The molecular formula is C12H11FN4OS. The van der Waals surface area contributed by atoms with Crippen molar-refractivity contribution in [2.24, 2.45) is 0 Å². The monoisotopic (exact) mass is 278 g/mol. The van der Waals surface area contributed by atoms with Crippen LogP contribution in [-0.4, -0.2) is 21.7 Å². The molecule has 3 rings (SSSR count). The third kappa shape index (κ3) is 2.70. The Bertz CT molecular complexity index is 709. The maximum Gasteiger partial charge on any atom is 0.223 e. The van der Waals surface area contributed by atoms with E-state index < -0.39 is 0 Å². The normalized spacial score (nSPS) is 11.1. The number of aromatic nitrogens is 3. The lowest BCUT2D eigenvalue weighted by Crippen LogP contribution is -2.05. The van der Waals surface area contributed by atoms with Crippen LogP contribution in [0, 0.1) is 12.7 Å². The summed E-state index contributed by atoms with van der Waals surface area (Å²) in [4.78, 5) is 8.42. The number of nitrogens with zero attached hydrogens (tertiary/aromatic N) is 3. The summed E-state index contributed by atoms with van der Waals surface area (Å²) in [5.41, 5.74) is 0.669. The second-order valence-corrected chi connectivity index (χ2v) is 5.07. The fraction of sp³-hybridized carbons (Fsp3) is 0.250. The van der Waals surface area contributed by atoms with E-state index in [1.807, 2.05) is 0 Å². The number of benzene rings is 1. The molecule has 0 spiro atoms. The van der Waals surface area contributed by atoms with Crippen LogP contribution in [0.3, 0.4) is 0 Å². The molecule has 2 heterocycles. The summed E-state index contributed by atoms with van der Waals surface area (Å²) in [7, 11) is 0. The molecule has 1 aromatic carbocycles. The minimum Gasteiger partial charge on any atom is -0.361 e. The summed E-state index contributed by atoms with van der Waals surface area (Å²) < 4.78 is 18.9. The van der Waals surface area contributed by atoms with Crippen LogP contribution in [0.4, 0.5) is 9.52 Å². The third-order valence-corrected chi connectivity index (χ3v) is 3.54. The average Bonchev–Trinajstić information content (AvgIpc) is 2.95. The fourth-order valence-corrected chi connectivity index (χ4v) is 2.57. The molecule has 0 saturated carbocycles. The molecule has 3 aromatic rings. The van der Waals surface area contributed by atoms with Gasteiger partial charge in [-0.2, -0.15) is 4.98 Å². The van der Waals surface area contributed by atoms with E-state index in [1.54, 1.807) is 13.0 Å². The van der Waals surface area contributed by atoms with Crippen LogP contribution >= 0.6 is 11.3 Å². The number of anilines is 1. The van der Waals surface area contributed by atoms with Crippen molar-refractivity contribution in [3.8, 4) is 0 Å². The summed E-state index contributed by atoms with van der Waals surface area (Å²) in [6.07, 6.45) is 0.654. The zero-order valence-corrected chi connectivity index (χ0v) is 11.0. The molecule has 0 aliphatic rings. The highest BCUT2D eigenvalue weighted by atomic mass is 32.1. The number of hydrogen-bond donors (Lipinski definition) is 1. The molecule has 0 unspecified atom stereocenters. The minimum atomic E-state index is -0.272. The molecule has 0 radical (unpaired) electrons. The number of halogens is 1. The number of aryl methyl sites for hydroxylation is 1. The number of nitrogens with one attached hydrogen (secondary N) is 1. The van der Waals surface area contributed by atoms with E-state index in [1.165, 1.54) is 23.5 Å². The van der Waals surface area contributed by atoms with E-state index in [0.717, 1.165) is 9.83 Å². The Morgan fingerprint density at radius 3 is 3.05 bits per heavy atom. The molecule has 0 fully saturated rings. The molecule has 19 heavy (non-hydrogen) atoms. The summed E-state index contributed by atoms with van der Waals surface area (Å²) in [5, 5.41) is 7.75. The van der Waals surface area contributed by atoms with E-state index in [0.29, 0.717) is 30.2 Å². The molecule has 0 aliphatic heterocycles. The first-order chi connectivity index (χ1) is 9.20. The molecule has 1 N–H and O–H groups in total. The Morgan fingerprint density at radius 1 is 1.37 bits per heavy atom. The van der Waals surface area contributed by atoms with E-state index >= 15 is 0 Å². The zero-order valence-electron chi connectivity index (χ0n) is 10.2. The van der Waals surface area contributed by atoms with Gasteiger partial charge in [0.25, 0.3) is 0 Å². The summed E-state index contributed by atoms with van der Waals surface area (Å²) in [6.45, 7) is 2.41. The maximum atomic E-state index is 13.0. The Hall–Kier alpha value is -2.02. The van der Waals surface area contributed by atoms with Crippen molar-refractivity contribution < 1.29 is 8.91 Å². The van der Waals surface area contributed by atoms with Gasteiger partial charge in [-0.25, -0.2) is 9.37 Å². The highest BCUT2D eigenvalue weighted by molar-refractivity contribution is 7.22. The average molecular weight is 278 g/mol. The smallest absolute Gasteiger partial charge is 0.223 e. The lowest BCUT2D eigenvalue weighted by atomic mass is 10.3. The highest BCUT2D eigenvalue weighted by Crippen LogP contribution is 2.26. The summed E-state index contributed by atoms with van der Waals surface area (Å²) in [5.74, 6) is 0.953. The van der Waals surface area contributed by atoms with E-state index in [2.05, 4.69) is 20.4 Å². The minimum absolute atomic E-state index is 0.272. The molecule has 98 valence electrons.